The lowest BCUT2D eigenvalue weighted by Gasteiger charge is -2.25. The van der Waals surface area contributed by atoms with Crippen molar-refractivity contribution >= 4 is 13.7 Å². The SMILES string of the molecule is CC/C=C\C/C=C\C/C=C\C/C=C\C/C=C\C/C=C\C/C=C\CCCCCCCCCCCC(=O)NC(COP(=O)(O)OCC[N+](C)(C)C)C(O)/C=C/CC/C=C/CCCCCCCCCCCCCCCCCCCCCCCCCCC. The topological polar surface area (TPSA) is 105 Å². The molecule has 0 aliphatic rings. The molecule has 0 saturated carbocycles. The van der Waals surface area contributed by atoms with Crippen molar-refractivity contribution in [2.45, 2.75) is 321 Å². The van der Waals surface area contributed by atoms with Gasteiger partial charge in [0.15, 0.2) is 0 Å². The number of carbonyl (C=O) groups is 1. The first kappa shape index (κ1) is 81.2. The molecule has 0 aliphatic heterocycles. The van der Waals surface area contributed by atoms with Gasteiger partial charge >= 0.3 is 7.82 Å². The number of amides is 1. The molecule has 0 aromatic carbocycles. The molecule has 0 fully saturated rings. The molecule has 486 valence electrons. The van der Waals surface area contributed by atoms with Gasteiger partial charge in [-0.05, 0) is 89.9 Å². The molecular weight excluding hydrogens is 1060 g/mol. The number of nitrogens with zero attached hydrogens (tertiary/aromatic N) is 1. The number of unbranched alkanes of at least 4 members (excludes halogenated alkanes) is 35. The molecule has 0 saturated heterocycles. The monoisotopic (exact) mass is 1190 g/mol. The Morgan fingerprint density at radius 1 is 0.417 bits per heavy atom. The van der Waals surface area contributed by atoms with Gasteiger partial charge in [-0.15, -0.1) is 0 Å². The fraction of sp³-hybridized carbons (Fsp3) is 0.747. The lowest BCUT2D eigenvalue weighted by molar-refractivity contribution is -0.870. The van der Waals surface area contributed by atoms with Crippen molar-refractivity contribution in [3.05, 3.63) is 109 Å². The number of phosphoric acid groups is 1. The van der Waals surface area contributed by atoms with Crippen LogP contribution in [0, 0.1) is 0 Å². The van der Waals surface area contributed by atoms with Crippen LogP contribution in [-0.2, 0) is 18.4 Å². The van der Waals surface area contributed by atoms with Crippen LogP contribution in [0.5, 0.6) is 0 Å². The number of hydrogen-bond donors (Lipinski definition) is 3. The second kappa shape index (κ2) is 64.6. The van der Waals surface area contributed by atoms with E-state index in [1.54, 1.807) is 6.08 Å². The van der Waals surface area contributed by atoms with Gasteiger partial charge < -0.3 is 19.8 Å². The highest BCUT2D eigenvalue weighted by Crippen LogP contribution is 2.43. The largest absolute Gasteiger partial charge is 0.472 e. The summed E-state index contributed by atoms with van der Waals surface area (Å²) in [6.07, 6.45) is 95.3. The van der Waals surface area contributed by atoms with Gasteiger partial charge in [0.2, 0.25) is 5.91 Å². The zero-order chi connectivity index (χ0) is 61.2. The maximum Gasteiger partial charge on any atom is 0.472 e. The van der Waals surface area contributed by atoms with Crippen molar-refractivity contribution in [2.75, 3.05) is 40.9 Å². The normalized spacial score (nSPS) is 14.3. The van der Waals surface area contributed by atoms with Gasteiger partial charge in [-0.2, -0.15) is 0 Å². The zero-order valence-electron chi connectivity index (χ0n) is 55.6. The van der Waals surface area contributed by atoms with Gasteiger partial charge in [-0.3, -0.25) is 13.8 Å². The van der Waals surface area contributed by atoms with Crippen molar-refractivity contribution in [3.63, 3.8) is 0 Å². The predicted molar refractivity (Wildman–Crippen MR) is 369 cm³/mol. The number of quaternary nitrogens is 1. The molecule has 0 aromatic rings. The van der Waals surface area contributed by atoms with E-state index in [0.29, 0.717) is 17.4 Å². The highest BCUT2D eigenvalue weighted by Gasteiger charge is 2.28. The van der Waals surface area contributed by atoms with E-state index in [1.165, 1.54) is 199 Å². The predicted octanol–water partition coefficient (Wildman–Crippen LogP) is 22.7. The van der Waals surface area contributed by atoms with Crippen LogP contribution in [0.25, 0.3) is 0 Å². The molecular formula is C75H136N2O6P+. The first-order valence-corrected chi connectivity index (χ1v) is 36.8. The molecule has 84 heavy (non-hydrogen) atoms. The van der Waals surface area contributed by atoms with E-state index in [1.807, 2.05) is 27.2 Å². The van der Waals surface area contributed by atoms with Gasteiger partial charge in [-0.1, -0.05) is 322 Å². The summed E-state index contributed by atoms with van der Waals surface area (Å²) in [5.74, 6) is -0.194. The smallest absolute Gasteiger partial charge is 0.387 e. The third-order valence-electron chi connectivity index (χ3n) is 15.5. The molecule has 0 aromatic heterocycles. The zero-order valence-corrected chi connectivity index (χ0v) is 56.5. The third-order valence-corrected chi connectivity index (χ3v) is 16.5. The fourth-order valence-corrected chi connectivity index (χ4v) is 10.8. The van der Waals surface area contributed by atoms with Crippen molar-refractivity contribution in [2.24, 2.45) is 0 Å². The highest BCUT2D eigenvalue weighted by atomic mass is 31.2. The molecule has 0 spiro atoms. The van der Waals surface area contributed by atoms with E-state index in [0.717, 1.165) is 89.9 Å². The van der Waals surface area contributed by atoms with Crippen molar-refractivity contribution < 1.29 is 32.9 Å². The molecule has 9 heteroatoms. The van der Waals surface area contributed by atoms with Crippen LogP contribution in [0.3, 0.4) is 0 Å². The Kier molecular flexibility index (Phi) is 62.4. The Morgan fingerprint density at radius 2 is 0.726 bits per heavy atom. The number of aliphatic hydroxyl groups excluding tert-OH is 1. The Hall–Kier alpha value is -2.84. The molecule has 0 bridgehead atoms. The first-order valence-electron chi connectivity index (χ1n) is 35.3. The second-order valence-corrected chi connectivity index (χ2v) is 26.3. The summed E-state index contributed by atoms with van der Waals surface area (Å²) in [6, 6.07) is -0.877. The van der Waals surface area contributed by atoms with Gasteiger partial charge in [0, 0.05) is 6.42 Å². The summed E-state index contributed by atoms with van der Waals surface area (Å²) in [6.45, 7) is 4.70. The van der Waals surface area contributed by atoms with Gasteiger partial charge in [-0.25, -0.2) is 4.57 Å². The Bertz CT molecular complexity index is 1740. The number of likely N-dealkylation sites (N-methyl/N-ethyl adjacent to an activating group) is 1. The lowest BCUT2D eigenvalue weighted by Crippen LogP contribution is -2.45. The van der Waals surface area contributed by atoms with Crippen molar-refractivity contribution in [1.29, 1.82) is 0 Å². The summed E-state index contributed by atoms with van der Waals surface area (Å²) in [5.41, 5.74) is 0. The number of allylic oxidation sites excluding steroid dienone is 17. The number of aliphatic hydroxyl groups is 1. The van der Waals surface area contributed by atoms with E-state index < -0.39 is 20.0 Å². The summed E-state index contributed by atoms with van der Waals surface area (Å²) in [5, 5.41) is 14.0. The third kappa shape index (κ3) is 66.7. The summed E-state index contributed by atoms with van der Waals surface area (Å²) >= 11 is 0. The maximum absolute atomic E-state index is 13.1. The number of carbonyl (C=O) groups excluding carboxylic acids is 1. The molecule has 3 unspecified atom stereocenters. The van der Waals surface area contributed by atoms with Crippen molar-refractivity contribution in [1.82, 2.24) is 5.32 Å². The van der Waals surface area contributed by atoms with Crippen LogP contribution in [0.2, 0.25) is 0 Å². The van der Waals surface area contributed by atoms with Crippen LogP contribution in [0.1, 0.15) is 309 Å². The molecule has 0 rings (SSSR count). The Labute approximate surface area is 521 Å². The Morgan fingerprint density at radius 3 is 1.10 bits per heavy atom. The number of rotatable bonds is 64. The molecule has 0 heterocycles. The molecule has 8 nitrogen and oxygen atoms in total. The molecule has 0 radical (unpaired) electrons. The van der Waals surface area contributed by atoms with Gasteiger partial charge in [0.25, 0.3) is 0 Å². The molecule has 1 amide bonds. The Balaban J connectivity index is 4.16. The van der Waals surface area contributed by atoms with Crippen LogP contribution < -0.4 is 5.32 Å². The average Bonchev–Trinajstić information content (AvgIpc) is 3.56. The van der Waals surface area contributed by atoms with Crippen LogP contribution in [0.15, 0.2) is 109 Å². The number of phosphoric ester groups is 1. The minimum absolute atomic E-state index is 0.0500. The van der Waals surface area contributed by atoms with Crippen LogP contribution in [-0.4, -0.2) is 73.4 Å². The first-order chi connectivity index (χ1) is 41.0. The van der Waals surface area contributed by atoms with E-state index in [4.69, 9.17) is 9.05 Å². The minimum atomic E-state index is -4.37. The van der Waals surface area contributed by atoms with E-state index in [9.17, 15) is 19.4 Å². The highest BCUT2D eigenvalue weighted by molar-refractivity contribution is 7.47. The molecule has 3 N–H and O–H groups in total. The average molecular weight is 1190 g/mol. The summed E-state index contributed by atoms with van der Waals surface area (Å²) in [7, 11) is 1.54. The summed E-state index contributed by atoms with van der Waals surface area (Å²) < 4.78 is 23.8. The van der Waals surface area contributed by atoms with Crippen LogP contribution in [0.4, 0.5) is 0 Å². The fourth-order valence-electron chi connectivity index (χ4n) is 10.0. The second-order valence-electron chi connectivity index (χ2n) is 24.9. The lowest BCUT2D eigenvalue weighted by atomic mass is 10.0. The maximum atomic E-state index is 13.1. The van der Waals surface area contributed by atoms with Gasteiger partial charge in [0.05, 0.1) is 39.9 Å². The number of nitrogens with one attached hydrogen (secondary N) is 1. The summed E-state index contributed by atoms with van der Waals surface area (Å²) in [4.78, 5) is 23.4. The quantitative estimate of drug-likeness (QED) is 0.0243. The van der Waals surface area contributed by atoms with Gasteiger partial charge in [0.1, 0.15) is 13.2 Å². The van der Waals surface area contributed by atoms with E-state index in [2.05, 4.69) is 116 Å². The van der Waals surface area contributed by atoms with E-state index in [-0.39, 0.29) is 19.1 Å². The number of hydrogen-bond acceptors (Lipinski definition) is 5. The van der Waals surface area contributed by atoms with E-state index >= 15 is 0 Å². The van der Waals surface area contributed by atoms with Crippen LogP contribution >= 0.6 is 7.82 Å². The minimum Gasteiger partial charge on any atom is -0.387 e. The molecule has 3 atom stereocenters. The standard InChI is InChI=1S/C75H135N2O6P/c1-6-8-10-12-14-16-18-20-22-24-26-28-30-32-34-36-38-40-42-44-46-48-50-52-54-56-58-60-62-64-66-68-74(78)73(72-83-84(80,81)82-71-70-77(3,4)5)76-75(79)69-67-65-63-61-59-57-55-53-51-49-47-45-43-41-39-37-35-33-31-29-27-25-23-21-19-17-15-13-11-9-7-2/h9,11,15,17,21,23,27,29,33,35,39,41,45,47,58,60,66,68,73-74,78H,6-8,10,12-14,16,18-20,22,24-26,28,30-32,34,36-38,40,42-44,46,48-57,59,61-65,67,69-72H2,1-5H3,(H-,76,79,80,81)/p+1/b11-9-,17-15-,23-21-,29-27-,35-33-,41-39-,47-45-,60-58+,68-66+. The molecule has 0 aliphatic carbocycles. The van der Waals surface area contributed by atoms with Crippen molar-refractivity contribution in [3.8, 4) is 0 Å².